The molecule has 0 spiro atoms. The van der Waals surface area contributed by atoms with Crippen LogP contribution in [0.1, 0.15) is 21.5 Å². The van der Waals surface area contributed by atoms with E-state index in [-0.39, 0.29) is 0 Å². The number of carbonyl (C=O) groups is 2. The van der Waals surface area contributed by atoms with Crippen molar-refractivity contribution in [3.63, 3.8) is 0 Å². The van der Waals surface area contributed by atoms with Crippen molar-refractivity contribution in [2.45, 2.75) is 24.5 Å². The number of imide groups is 1. The zero-order chi connectivity index (χ0) is 20.3. The van der Waals surface area contributed by atoms with Gasteiger partial charge in [0, 0.05) is 17.6 Å². The molecule has 0 aliphatic carbocycles. The minimum atomic E-state index is -2.58. The van der Waals surface area contributed by atoms with E-state index in [4.69, 9.17) is 0 Å². The Morgan fingerprint density at radius 1 is 1.04 bits per heavy atom. The lowest BCUT2D eigenvalue weighted by Gasteiger charge is -2.22. The van der Waals surface area contributed by atoms with Crippen molar-refractivity contribution in [2.24, 2.45) is 0 Å². The molecule has 0 atom stereocenters. The number of hydrogen-bond donors (Lipinski definition) is 1. The number of carbonyl (C=O) groups excluding carboxylic acids is 2. The zero-order valence-corrected chi connectivity index (χ0v) is 15.5. The Hall–Kier alpha value is -2.55. The molecule has 2 aromatic rings. The summed E-state index contributed by atoms with van der Waals surface area (Å²) in [4.78, 5) is 25.8. The Kier molecular flexibility index (Phi) is 6.48. The number of thioether (sulfide) groups is 1. The molecule has 2 rings (SSSR count). The molecule has 0 aliphatic heterocycles. The number of nitrogens with one attached hydrogen (secondary N) is 1. The minimum Gasteiger partial charge on any atom is -0.297 e. The second-order valence-corrected chi connectivity index (χ2v) is 6.66. The summed E-state index contributed by atoms with van der Waals surface area (Å²) in [7, 11) is 1.35. The van der Waals surface area contributed by atoms with Gasteiger partial charge >= 0.3 is 6.03 Å². The van der Waals surface area contributed by atoms with Crippen molar-refractivity contribution in [3.8, 4) is 0 Å². The van der Waals surface area contributed by atoms with Crippen LogP contribution >= 0.6 is 11.8 Å². The highest BCUT2D eigenvalue weighted by Gasteiger charge is 2.23. The second-order valence-electron chi connectivity index (χ2n) is 5.63. The first kappa shape index (κ1) is 20.8. The Morgan fingerprint density at radius 3 is 2.19 bits per heavy atom. The van der Waals surface area contributed by atoms with Crippen LogP contribution in [-0.4, -0.2) is 24.7 Å². The normalized spacial score (nSPS) is 10.8. The summed E-state index contributed by atoms with van der Waals surface area (Å²) in [5.74, 6) is -5.99. The monoisotopic (exact) mass is 400 g/mol. The molecule has 0 radical (unpaired) electrons. The molecule has 0 heterocycles. The lowest BCUT2D eigenvalue weighted by atomic mass is 10.1. The highest BCUT2D eigenvalue weighted by atomic mass is 32.2. The van der Waals surface area contributed by atoms with Crippen molar-refractivity contribution in [1.29, 1.82) is 0 Å². The third-order valence-electron chi connectivity index (χ3n) is 4.00. The molecule has 0 saturated carbocycles. The molecule has 9 heteroatoms. The van der Waals surface area contributed by atoms with Crippen LogP contribution < -0.4 is 10.2 Å². The number of rotatable bonds is 4. The molecule has 144 valence electrons. The van der Waals surface area contributed by atoms with E-state index in [0.29, 0.717) is 33.5 Å². The summed E-state index contributed by atoms with van der Waals surface area (Å²) in [6, 6.07) is 4.88. The average molecular weight is 400 g/mol. The van der Waals surface area contributed by atoms with Gasteiger partial charge in [-0.2, -0.15) is 8.78 Å². The quantitative estimate of drug-likeness (QED) is 0.588. The molecule has 27 heavy (non-hydrogen) atoms. The molecule has 4 nitrogen and oxygen atoms in total. The third-order valence-corrected chi connectivity index (χ3v) is 4.88. The first-order valence-corrected chi connectivity index (χ1v) is 8.59. The molecule has 0 unspecified atom stereocenters. The molecule has 3 amide bonds. The Bertz CT molecular complexity index is 870. The Labute approximate surface area is 157 Å². The maximum atomic E-state index is 13.7. The van der Waals surface area contributed by atoms with E-state index in [1.54, 1.807) is 13.8 Å². The lowest BCUT2D eigenvalue weighted by molar-refractivity contribution is 0.0957. The number of amides is 3. The van der Waals surface area contributed by atoms with Gasteiger partial charge < -0.3 is 0 Å². The van der Waals surface area contributed by atoms with E-state index in [0.717, 1.165) is 23.1 Å². The fourth-order valence-electron chi connectivity index (χ4n) is 2.44. The highest BCUT2D eigenvalue weighted by molar-refractivity contribution is 7.99. The molecule has 0 saturated heterocycles. The van der Waals surface area contributed by atoms with E-state index >= 15 is 0 Å². The van der Waals surface area contributed by atoms with Gasteiger partial charge in [0.05, 0.1) is 0 Å². The summed E-state index contributed by atoms with van der Waals surface area (Å²) in [6.45, 7) is 3.28. The maximum Gasteiger partial charge on any atom is 0.328 e. The number of anilines is 1. The summed E-state index contributed by atoms with van der Waals surface area (Å²) < 4.78 is 52.5. The molecular weight excluding hydrogens is 384 g/mol. The SMILES string of the molecule is Cc1c(SC(F)F)ccc(N(C)C(=O)NC(=O)c2c(F)cccc2F)c1C. The van der Waals surface area contributed by atoms with Gasteiger partial charge in [-0.1, -0.05) is 17.8 Å². The number of halogens is 4. The van der Waals surface area contributed by atoms with Crippen LogP contribution in [0.15, 0.2) is 35.2 Å². The zero-order valence-electron chi connectivity index (χ0n) is 14.6. The van der Waals surface area contributed by atoms with Crippen LogP contribution in [0.5, 0.6) is 0 Å². The first-order chi connectivity index (χ1) is 12.6. The summed E-state index contributed by atoms with van der Waals surface area (Å²) in [5, 5.41) is 1.91. The standard InChI is InChI=1S/C18H16F4N2O2S/c1-9-10(2)14(27-17(21)22)8-7-13(9)24(3)18(26)23-16(25)15-11(19)5-4-6-12(15)20/h4-8,17H,1-3H3,(H,23,25,26). The van der Waals surface area contributed by atoms with Crippen LogP contribution in [0.4, 0.5) is 28.0 Å². The van der Waals surface area contributed by atoms with Gasteiger partial charge in [0.1, 0.15) is 17.2 Å². The Balaban J connectivity index is 2.22. The van der Waals surface area contributed by atoms with Gasteiger partial charge in [-0.3, -0.25) is 15.0 Å². The van der Waals surface area contributed by atoms with Gasteiger partial charge in [-0.25, -0.2) is 13.6 Å². The minimum absolute atomic E-state index is 0.365. The average Bonchev–Trinajstić information content (AvgIpc) is 2.58. The predicted molar refractivity (Wildman–Crippen MR) is 95.4 cm³/mol. The van der Waals surface area contributed by atoms with E-state index in [1.165, 1.54) is 19.2 Å². The summed E-state index contributed by atoms with van der Waals surface area (Å²) >= 11 is 0.389. The van der Waals surface area contributed by atoms with Gasteiger partial charge in [0.2, 0.25) is 0 Å². The number of urea groups is 1. The van der Waals surface area contributed by atoms with Gasteiger partial charge in [-0.05, 0) is 49.2 Å². The number of benzene rings is 2. The van der Waals surface area contributed by atoms with Crippen molar-refractivity contribution >= 4 is 29.4 Å². The van der Waals surface area contributed by atoms with Crippen LogP contribution in [0, 0.1) is 25.5 Å². The van der Waals surface area contributed by atoms with Crippen molar-refractivity contribution < 1.29 is 27.2 Å². The molecular formula is C18H16F4N2O2S. The molecule has 2 aromatic carbocycles. The molecule has 0 aromatic heterocycles. The molecule has 0 aliphatic rings. The van der Waals surface area contributed by atoms with Crippen LogP contribution in [0.25, 0.3) is 0 Å². The van der Waals surface area contributed by atoms with Crippen LogP contribution in [0.2, 0.25) is 0 Å². The predicted octanol–water partition coefficient (Wildman–Crippen LogP) is 4.88. The van der Waals surface area contributed by atoms with Gasteiger partial charge in [-0.15, -0.1) is 0 Å². The van der Waals surface area contributed by atoms with Crippen molar-refractivity contribution in [1.82, 2.24) is 5.32 Å². The van der Waals surface area contributed by atoms with E-state index in [1.807, 2.05) is 5.32 Å². The Morgan fingerprint density at radius 2 is 1.63 bits per heavy atom. The van der Waals surface area contributed by atoms with Crippen molar-refractivity contribution in [3.05, 3.63) is 58.7 Å². The fourth-order valence-corrected chi connectivity index (χ4v) is 3.10. The summed E-state index contributed by atoms with van der Waals surface area (Å²) in [6.07, 6.45) is 0. The smallest absolute Gasteiger partial charge is 0.297 e. The molecule has 1 N–H and O–H groups in total. The number of hydrogen-bond acceptors (Lipinski definition) is 3. The van der Waals surface area contributed by atoms with Gasteiger partial charge in [0.25, 0.3) is 11.7 Å². The summed E-state index contributed by atoms with van der Waals surface area (Å²) in [5.41, 5.74) is 0.619. The largest absolute Gasteiger partial charge is 0.328 e. The van der Waals surface area contributed by atoms with Crippen molar-refractivity contribution in [2.75, 3.05) is 11.9 Å². The van der Waals surface area contributed by atoms with Crippen LogP contribution in [0.3, 0.4) is 0 Å². The van der Waals surface area contributed by atoms with Crippen LogP contribution in [-0.2, 0) is 0 Å². The van der Waals surface area contributed by atoms with E-state index < -0.39 is 34.9 Å². The van der Waals surface area contributed by atoms with E-state index in [9.17, 15) is 27.2 Å². The van der Waals surface area contributed by atoms with E-state index in [2.05, 4.69) is 0 Å². The highest BCUT2D eigenvalue weighted by Crippen LogP contribution is 2.33. The van der Waals surface area contributed by atoms with Gasteiger partial charge in [0.15, 0.2) is 0 Å². The maximum absolute atomic E-state index is 13.7. The first-order valence-electron chi connectivity index (χ1n) is 7.71. The number of alkyl halides is 2. The molecule has 0 bridgehead atoms. The lowest BCUT2D eigenvalue weighted by Crippen LogP contribution is -2.41. The number of nitrogens with zero attached hydrogens (tertiary/aromatic N) is 1. The second kappa shape index (κ2) is 8.43. The third kappa shape index (κ3) is 4.60. The topological polar surface area (TPSA) is 49.4 Å². The fraction of sp³-hybridized carbons (Fsp3) is 0.222. The molecule has 0 fully saturated rings.